The molecule has 1 atom stereocenters. The first kappa shape index (κ1) is 16.1. The van der Waals surface area contributed by atoms with Crippen LogP contribution in [0, 0.1) is 12.7 Å². The van der Waals surface area contributed by atoms with Crippen LogP contribution in [0.2, 0.25) is 0 Å². The van der Waals surface area contributed by atoms with E-state index in [2.05, 4.69) is 10.3 Å². The van der Waals surface area contributed by atoms with Crippen LogP contribution in [0.4, 0.5) is 10.1 Å². The summed E-state index contributed by atoms with van der Waals surface area (Å²) in [6.45, 7) is 1.93. The second-order valence-corrected chi connectivity index (χ2v) is 5.71. The highest BCUT2D eigenvalue weighted by Gasteiger charge is 2.15. The lowest BCUT2D eigenvalue weighted by Gasteiger charge is -2.13. The van der Waals surface area contributed by atoms with Crippen molar-refractivity contribution in [2.45, 2.75) is 19.4 Å². The molecule has 2 N–H and O–H groups in total. The summed E-state index contributed by atoms with van der Waals surface area (Å²) in [5, 5.41) is 13.8. The van der Waals surface area contributed by atoms with E-state index in [4.69, 9.17) is 0 Å². The number of rotatable bonds is 4. The summed E-state index contributed by atoms with van der Waals surface area (Å²) in [6.07, 6.45) is 0.436. The van der Waals surface area contributed by atoms with Crippen LogP contribution in [0.25, 0.3) is 10.9 Å². The Bertz CT molecular complexity index is 895. The van der Waals surface area contributed by atoms with Crippen molar-refractivity contribution >= 4 is 22.5 Å². The second kappa shape index (κ2) is 6.76. The third kappa shape index (κ3) is 3.58. The van der Waals surface area contributed by atoms with Gasteiger partial charge in [0.2, 0.25) is 5.91 Å². The fourth-order valence-corrected chi connectivity index (χ4v) is 2.65. The number of aromatic nitrogens is 1. The lowest BCUT2D eigenvalue weighted by Crippen LogP contribution is -2.16. The van der Waals surface area contributed by atoms with Crippen LogP contribution in [0.3, 0.4) is 0 Å². The maximum absolute atomic E-state index is 13.2. The van der Waals surface area contributed by atoms with Gasteiger partial charge < -0.3 is 10.4 Å². The number of halogens is 1. The van der Waals surface area contributed by atoms with Crippen molar-refractivity contribution in [1.82, 2.24) is 4.98 Å². The molecule has 1 aromatic heterocycles. The number of aliphatic hydroxyl groups is 1. The van der Waals surface area contributed by atoms with Crippen molar-refractivity contribution in [2.75, 3.05) is 5.32 Å². The number of carbonyl (C=O) groups is 1. The molecule has 24 heavy (non-hydrogen) atoms. The number of aryl methyl sites for hydroxylation is 1. The predicted molar refractivity (Wildman–Crippen MR) is 91.1 cm³/mol. The maximum atomic E-state index is 13.2. The Hall–Kier alpha value is -2.79. The van der Waals surface area contributed by atoms with Crippen LogP contribution in [0.5, 0.6) is 0 Å². The standard InChI is InChI=1S/C19H17FN2O2/c1-12-8-14-5-3-7-21-19(14)16(9-12)22-18(24)11-17(23)13-4-2-6-15(20)10-13/h2-10,17,23H,11H2,1H3,(H,22,24). The van der Waals surface area contributed by atoms with E-state index in [-0.39, 0.29) is 12.3 Å². The summed E-state index contributed by atoms with van der Waals surface area (Å²) in [4.78, 5) is 16.5. The van der Waals surface area contributed by atoms with Crippen LogP contribution in [0.15, 0.2) is 54.7 Å². The predicted octanol–water partition coefficient (Wildman–Crippen LogP) is 3.74. The second-order valence-electron chi connectivity index (χ2n) is 5.71. The van der Waals surface area contributed by atoms with Gasteiger partial charge in [0.1, 0.15) is 5.82 Å². The van der Waals surface area contributed by atoms with Gasteiger partial charge in [-0.15, -0.1) is 0 Å². The van der Waals surface area contributed by atoms with E-state index in [0.717, 1.165) is 10.9 Å². The van der Waals surface area contributed by atoms with Crippen molar-refractivity contribution in [3.8, 4) is 0 Å². The fraction of sp³-hybridized carbons (Fsp3) is 0.158. The van der Waals surface area contributed by atoms with E-state index in [9.17, 15) is 14.3 Å². The highest BCUT2D eigenvalue weighted by molar-refractivity contribution is 6.00. The van der Waals surface area contributed by atoms with E-state index in [1.807, 2.05) is 31.2 Å². The average molecular weight is 324 g/mol. The number of hydrogen-bond acceptors (Lipinski definition) is 3. The molecule has 0 spiro atoms. The number of anilines is 1. The summed E-state index contributed by atoms with van der Waals surface area (Å²) in [5.41, 5.74) is 2.66. The molecule has 0 bridgehead atoms. The van der Waals surface area contributed by atoms with Gasteiger partial charge >= 0.3 is 0 Å². The van der Waals surface area contributed by atoms with Crippen molar-refractivity contribution in [3.05, 3.63) is 71.7 Å². The topological polar surface area (TPSA) is 62.2 Å². The first-order valence-electron chi connectivity index (χ1n) is 7.61. The fourth-order valence-electron chi connectivity index (χ4n) is 2.65. The van der Waals surface area contributed by atoms with Crippen LogP contribution >= 0.6 is 0 Å². The molecule has 0 aliphatic carbocycles. The smallest absolute Gasteiger partial charge is 0.227 e. The van der Waals surface area contributed by atoms with Crippen LogP contribution in [-0.2, 0) is 4.79 Å². The van der Waals surface area contributed by atoms with Crippen molar-refractivity contribution in [1.29, 1.82) is 0 Å². The molecule has 0 radical (unpaired) electrons. The van der Waals surface area contributed by atoms with Gasteiger partial charge in [-0.05, 0) is 48.4 Å². The Morgan fingerprint density at radius 2 is 2.08 bits per heavy atom. The number of nitrogens with one attached hydrogen (secondary N) is 1. The maximum Gasteiger partial charge on any atom is 0.227 e. The summed E-state index contributed by atoms with van der Waals surface area (Å²) in [5.74, 6) is -0.801. The molecule has 3 rings (SSSR count). The lowest BCUT2D eigenvalue weighted by atomic mass is 10.1. The normalized spacial score (nSPS) is 12.1. The number of fused-ring (bicyclic) bond motifs is 1. The number of aliphatic hydroxyl groups excluding tert-OH is 1. The minimum absolute atomic E-state index is 0.161. The zero-order valence-corrected chi connectivity index (χ0v) is 13.2. The lowest BCUT2D eigenvalue weighted by molar-refractivity contribution is -0.118. The third-order valence-corrected chi connectivity index (χ3v) is 3.74. The molecule has 0 aliphatic rings. The Balaban J connectivity index is 1.78. The van der Waals surface area contributed by atoms with Gasteiger partial charge in [0, 0.05) is 11.6 Å². The van der Waals surface area contributed by atoms with Crippen LogP contribution < -0.4 is 5.32 Å². The van der Waals surface area contributed by atoms with Crippen LogP contribution in [0.1, 0.15) is 23.7 Å². The Morgan fingerprint density at radius 3 is 2.88 bits per heavy atom. The van der Waals surface area contributed by atoms with Gasteiger partial charge in [0.25, 0.3) is 0 Å². The van der Waals surface area contributed by atoms with E-state index < -0.39 is 11.9 Å². The zero-order valence-electron chi connectivity index (χ0n) is 13.2. The first-order chi connectivity index (χ1) is 11.5. The minimum atomic E-state index is -1.07. The molecule has 5 heteroatoms. The average Bonchev–Trinajstić information content (AvgIpc) is 2.54. The van der Waals surface area contributed by atoms with Gasteiger partial charge in [0.05, 0.1) is 23.7 Å². The van der Waals surface area contributed by atoms with Gasteiger partial charge in [-0.25, -0.2) is 4.39 Å². The number of nitrogens with zero attached hydrogens (tertiary/aromatic N) is 1. The van der Waals surface area contributed by atoms with E-state index in [0.29, 0.717) is 16.8 Å². The first-order valence-corrected chi connectivity index (χ1v) is 7.61. The summed E-state index contributed by atoms with van der Waals surface area (Å²) < 4.78 is 13.2. The monoisotopic (exact) mass is 324 g/mol. The SMILES string of the molecule is Cc1cc(NC(=O)CC(O)c2cccc(F)c2)c2ncccc2c1. The summed E-state index contributed by atoms with van der Waals surface area (Å²) >= 11 is 0. The Morgan fingerprint density at radius 1 is 1.25 bits per heavy atom. The highest BCUT2D eigenvalue weighted by Crippen LogP contribution is 2.24. The Kier molecular flexibility index (Phi) is 4.53. The molecule has 3 aromatic rings. The van der Waals surface area contributed by atoms with Gasteiger partial charge in [-0.3, -0.25) is 9.78 Å². The van der Waals surface area contributed by atoms with Crippen molar-refractivity contribution < 1.29 is 14.3 Å². The molecule has 0 fully saturated rings. The molecular weight excluding hydrogens is 307 g/mol. The number of benzene rings is 2. The molecule has 1 heterocycles. The molecule has 1 unspecified atom stereocenters. The number of pyridine rings is 1. The minimum Gasteiger partial charge on any atom is -0.388 e. The molecule has 0 aliphatic heterocycles. The molecule has 122 valence electrons. The number of hydrogen-bond donors (Lipinski definition) is 2. The molecule has 1 amide bonds. The number of amides is 1. The Labute approximate surface area is 139 Å². The highest BCUT2D eigenvalue weighted by atomic mass is 19.1. The molecule has 2 aromatic carbocycles. The quantitative estimate of drug-likeness (QED) is 0.768. The zero-order chi connectivity index (χ0) is 17.1. The summed E-state index contributed by atoms with van der Waals surface area (Å²) in [6, 6.07) is 13.2. The summed E-state index contributed by atoms with van der Waals surface area (Å²) in [7, 11) is 0. The van der Waals surface area contributed by atoms with Gasteiger partial charge in [-0.1, -0.05) is 18.2 Å². The third-order valence-electron chi connectivity index (χ3n) is 3.74. The van der Waals surface area contributed by atoms with Gasteiger partial charge in [0.15, 0.2) is 0 Å². The van der Waals surface area contributed by atoms with Crippen molar-refractivity contribution in [3.63, 3.8) is 0 Å². The van der Waals surface area contributed by atoms with E-state index >= 15 is 0 Å². The molecule has 4 nitrogen and oxygen atoms in total. The number of carbonyl (C=O) groups excluding carboxylic acids is 1. The molecule has 0 saturated heterocycles. The van der Waals surface area contributed by atoms with Crippen molar-refractivity contribution in [2.24, 2.45) is 0 Å². The van der Waals surface area contributed by atoms with Crippen LogP contribution in [-0.4, -0.2) is 16.0 Å². The largest absolute Gasteiger partial charge is 0.388 e. The van der Waals surface area contributed by atoms with E-state index in [1.54, 1.807) is 12.3 Å². The molecular formula is C19H17FN2O2. The van der Waals surface area contributed by atoms with E-state index in [1.165, 1.54) is 18.2 Å². The van der Waals surface area contributed by atoms with Gasteiger partial charge in [-0.2, -0.15) is 0 Å². The molecule has 0 saturated carbocycles.